The van der Waals surface area contributed by atoms with Crippen LogP contribution < -0.4 is 9.47 Å². The molecule has 1 N–H and O–H groups in total. The fraction of sp³-hybridized carbons (Fsp3) is 0.462. The SMILES string of the molecule is COc1cc(F)c(Cl)c(C2(C(=O)O)CCC2)c1OC. The van der Waals surface area contributed by atoms with Crippen molar-refractivity contribution in [3.8, 4) is 11.5 Å². The minimum Gasteiger partial charge on any atom is -0.493 e. The van der Waals surface area contributed by atoms with E-state index >= 15 is 0 Å². The average molecular weight is 289 g/mol. The summed E-state index contributed by atoms with van der Waals surface area (Å²) in [4.78, 5) is 11.6. The van der Waals surface area contributed by atoms with E-state index in [4.69, 9.17) is 21.1 Å². The predicted octanol–water partition coefficient (Wildman–Crippen LogP) is 3.00. The summed E-state index contributed by atoms with van der Waals surface area (Å²) in [6.45, 7) is 0. The van der Waals surface area contributed by atoms with Gasteiger partial charge in [-0.3, -0.25) is 4.79 Å². The molecule has 1 aliphatic rings. The summed E-state index contributed by atoms with van der Waals surface area (Å²) in [6, 6.07) is 1.10. The van der Waals surface area contributed by atoms with Crippen molar-refractivity contribution in [1.29, 1.82) is 0 Å². The van der Waals surface area contributed by atoms with E-state index in [1.165, 1.54) is 14.2 Å². The lowest BCUT2D eigenvalue weighted by atomic mass is 9.64. The van der Waals surface area contributed by atoms with Crippen molar-refractivity contribution >= 4 is 17.6 Å². The molecule has 1 aromatic carbocycles. The standard InChI is InChI=1S/C13H14ClFO4/c1-18-8-6-7(15)10(14)9(11(8)19-2)13(12(16)17)4-3-5-13/h6H,3-5H2,1-2H3,(H,16,17). The number of ether oxygens (including phenoxy) is 2. The van der Waals surface area contributed by atoms with Crippen LogP contribution in [-0.4, -0.2) is 25.3 Å². The smallest absolute Gasteiger partial charge is 0.314 e. The molecule has 1 fully saturated rings. The molecule has 0 saturated heterocycles. The largest absolute Gasteiger partial charge is 0.493 e. The minimum atomic E-state index is -1.18. The van der Waals surface area contributed by atoms with Gasteiger partial charge in [0.2, 0.25) is 0 Å². The van der Waals surface area contributed by atoms with Gasteiger partial charge in [0.1, 0.15) is 5.82 Å². The van der Waals surface area contributed by atoms with E-state index in [0.717, 1.165) is 12.5 Å². The van der Waals surface area contributed by atoms with Gasteiger partial charge in [-0.15, -0.1) is 0 Å². The molecule has 0 radical (unpaired) electrons. The number of hydrogen-bond acceptors (Lipinski definition) is 3. The summed E-state index contributed by atoms with van der Waals surface area (Å²) in [6.07, 6.45) is 1.57. The molecule has 4 nitrogen and oxygen atoms in total. The molecule has 0 aliphatic heterocycles. The van der Waals surface area contributed by atoms with Crippen LogP contribution in [0.3, 0.4) is 0 Å². The summed E-state index contributed by atoms with van der Waals surface area (Å²) in [5.74, 6) is -1.39. The molecule has 104 valence electrons. The van der Waals surface area contributed by atoms with E-state index in [-0.39, 0.29) is 22.1 Å². The van der Waals surface area contributed by atoms with Crippen LogP contribution >= 0.6 is 11.6 Å². The minimum absolute atomic E-state index is 0.145. The van der Waals surface area contributed by atoms with Crippen LogP contribution in [0.2, 0.25) is 5.02 Å². The van der Waals surface area contributed by atoms with Crippen molar-refractivity contribution in [2.75, 3.05) is 14.2 Å². The maximum atomic E-state index is 13.8. The molecule has 19 heavy (non-hydrogen) atoms. The second-order valence-corrected chi connectivity index (χ2v) is 4.90. The first-order valence-corrected chi connectivity index (χ1v) is 6.19. The van der Waals surface area contributed by atoms with Crippen LogP contribution in [0.1, 0.15) is 24.8 Å². The Morgan fingerprint density at radius 3 is 2.42 bits per heavy atom. The molecule has 1 saturated carbocycles. The molecule has 1 aliphatic carbocycles. The Hall–Kier alpha value is -1.49. The van der Waals surface area contributed by atoms with Crippen molar-refractivity contribution in [3.05, 3.63) is 22.5 Å². The third-order valence-electron chi connectivity index (χ3n) is 3.66. The van der Waals surface area contributed by atoms with Crippen molar-refractivity contribution in [1.82, 2.24) is 0 Å². The lowest BCUT2D eigenvalue weighted by Gasteiger charge is -2.39. The number of benzene rings is 1. The molecule has 0 bridgehead atoms. The molecule has 0 atom stereocenters. The molecule has 0 heterocycles. The van der Waals surface area contributed by atoms with Gasteiger partial charge in [-0.25, -0.2) is 4.39 Å². The predicted molar refractivity (Wildman–Crippen MR) is 67.7 cm³/mol. The third kappa shape index (κ3) is 1.92. The Morgan fingerprint density at radius 2 is 2.05 bits per heavy atom. The highest BCUT2D eigenvalue weighted by molar-refractivity contribution is 6.32. The maximum Gasteiger partial charge on any atom is 0.314 e. The molecule has 0 unspecified atom stereocenters. The van der Waals surface area contributed by atoms with Crippen molar-refractivity contribution in [2.24, 2.45) is 0 Å². The molecular weight excluding hydrogens is 275 g/mol. The topological polar surface area (TPSA) is 55.8 Å². The highest BCUT2D eigenvalue weighted by atomic mass is 35.5. The molecule has 0 spiro atoms. The maximum absolute atomic E-state index is 13.8. The average Bonchev–Trinajstić information content (AvgIpc) is 2.32. The summed E-state index contributed by atoms with van der Waals surface area (Å²) in [5.41, 5.74) is -1.01. The number of carbonyl (C=O) groups is 1. The van der Waals surface area contributed by atoms with E-state index < -0.39 is 17.2 Å². The highest BCUT2D eigenvalue weighted by Gasteiger charge is 2.50. The fourth-order valence-corrected chi connectivity index (χ4v) is 2.79. The highest BCUT2D eigenvalue weighted by Crippen LogP contribution is 2.53. The Kier molecular flexibility index (Phi) is 3.58. The molecular formula is C13H14ClFO4. The zero-order chi connectivity index (χ0) is 14.2. The van der Waals surface area contributed by atoms with Crippen LogP contribution in [0, 0.1) is 5.82 Å². The van der Waals surface area contributed by atoms with Crippen LogP contribution in [0.5, 0.6) is 11.5 Å². The Labute approximate surface area is 115 Å². The molecule has 2 rings (SSSR count). The van der Waals surface area contributed by atoms with E-state index in [1.54, 1.807) is 0 Å². The van der Waals surface area contributed by atoms with Gasteiger partial charge in [-0.1, -0.05) is 18.0 Å². The monoisotopic (exact) mass is 288 g/mol. The van der Waals surface area contributed by atoms with E-state index in [0.29, 0.717) is 12.8 Å². The molecule has 0 amide bonds. The van der Waals surface area contributed by atoms with Gasteiger partial charge in [0, 0.05) is 11.6 Å². The second-order valence-electron chi connectivity index (χ2n) is 4.52. The Balaban J connectivity index is 2.73. The quantitative estimate of drug-likeness (QED) is 0.925. The van der Waals surface area contributed by atoms with Gasteiger partial charge >= 0.3 is 5.97 Å². The summed E-state index contributed by atoms with van der Waals surface area (Å²) < 4.78 is 24.1. The molecule has 6 heteroatoms. The first kappa shape index (κ1) is 13.9. The number of aliphatic carboxylic acids is 1. The van der Waals surface area contributed by atoms with E-state index in [2.05, 4.69) is 0 Å². The van der Waals surface area contributed by atoms with Gasteiger partial charge in [0.05, 0.1) is 24.7 Å². The summed E-state index contributed by atoms with van der Waals surface area (Å²) in [5, 5.41) is 9.25. The fourth-order valence-electron chi connectivity index (χ4n) is 2.47. The van der Waals surface area contributed by atoms with Crippen LogP contribution in [0.25, 0.3) is 0 Å². The number of methoxy groups -OCH3 is 2. The van der Waals surface area contributed by atoms with Gasteiger partial charge in [0.15, 0.2) is 11.5 Å². The van der Waals surface area contributed by atoms with Gasteiger partial charge < -0.3 is 14.6 Å². The van der Waals surface area contributed by atoms with Crippen molar-refractivity contribution in [3.63, 3.8) is 0 Å². The van der Waals surface area contributed by atoms with Crippen LogP contribution in [-0.2, 0) is 10.2 Å². The number of rotatable bonds is 4. The van der Waals surface area contributed by atoms with Crippen LogP contribution in [0.4, 0.5) is 4.39 Å². The summed E-state index contributed by atoms with van der Waals surface area (Å²) in [7, 11) is 2.74. The molecule has 0 aromatic heterocycles. The van der Waals surface area contributed by atoms with Gasteiger partial charge in [0.25, 0.3) is 0 Å². The lowest BCUT2D eigenvalue weighted by Crippen LogP contribution is -2.43. The second kappa shape index (κ2) is 4.89. The molecule has 1 aromatic rings. The van der Waals surface area contributed by atoms with Gasteiger partial charge in [-0.05, 0) is 12.8 Å². The lowest BCUT2D eigenvalue weighted by molar-refractivity contribution is -0.147. The first-order valence-electron chi connectivity index (χ1n) is 5.81. The number of carboxylic acids is 1. The first-order chi connectivity index (χ1) is 8.97. The van der Waals surface area contributed by atoms with Crippen molar-refractivity contribution in [2.45, 2.75) is 24.7 Å². The van der Waals surface area contributed by atoms with E-state index in [9.17, 15) is 14.3 Å². The summed E-state index contributed by atoms with van der Waals surface area (Å²) >= 11 is 5.97. The van der Waals surface area contributed by atoms with Crippen LogP contribution in [0.15, 0.2) is 6.07 Å². The zero-order valence-corrected chi connectivity index (χ0v) is 11.4. The number of halogens is 2. The third-order valence-corrected chi connectivity index (χ3v) is 4.03. The number of hydrogen-bond donors (Lipinski definition) is 1. The normalized spacial score (nSPS) is 16.6. The van der Waals surface area contributed by atoms with Crippen molar-refractivity contribution < 1.29 is 23.8 Å². The van der Waals surface area contributed by atoms with E-state index in [1.807, 2.05) is 0 Å². The zero-order valence-electron chi connectivity index (χ0n) is 10.6. The van der Waals surface area contributed by atoms with Gasteiger partial charge in [-0.2, -0.15) is 0 Å². The Morgan fingerprint density at radius 1 is 1.42 bits per heavy atom. The number of carboxylic acid groups (broad SMARTS) is 1. The Bertz CT molecular complexity index is 526.